The van der Waals surface area contributed by atoms with E-state index in [1.807, 2.05) is 19.2 Å². The third-order valence-corrected chi connectivity index (χ3v) is 8.11. The van der Waals surface area contributed by atoms with E-state index in [0.717, 1.165) is 5.01 Å². The maximum absolute atomic E-state index is 13.3. The molecule has 1 N–H and O–H groups in total. The summed E-state index contributed by atoms with van der Waals surface area (Å²) in [5, 5.41) is 5.62. The van der Waals surface area contributed by atoms with Gasteiger partial charge in [0.2, 0.25) is 11.8 Å². The first-order chi connectivity index (χ1) is 14.1. The van der Waals surface area contributed by atoms with Crippen molar-refractivity contribution in [3.05, 3.63) is 16.6 Å². The molecule has 0 saturated heterocycles. The van der Waals surface area contributed by atoms with Crippen LogP contribution >= 0.6 is 80.9 Å². The highest BCUT2D eigenvalue weighted by Crippen LogP contribution is 2.39. The van der Waals surface area contributed by atoms with Crippen molar-refractivity contribution in [1.82, 2.24) is 15.2 Å². The number of carbonyl (C=O) groups excluding carboxylic acids is 2. The van der Waals surface area contributed by atoms with Crippen molar-refractivity contribution < 1.29 is 9.59 Å². The SMILES string of the molecule is CC(C)C(NC(=O)C(CC(C)C(Cl)(Cl)Cl)N(C)C(=O)C[C@H](C)C(Cl)(Cl)Cl)c1nccs1. The number of amides is 2. The second-order valence-corrected chi connectivity index (χ2v) is 13.6. The van der Waals surface area contributed by atoms with Crippen LogP contribution in [0.3, 0.4) is 0 Å². The van der Waals surface area contributed by atoms with Crippen LogP contribution in [-0.2, 0) is 9.59 Å². The van der Waals surface area contributed by atoms with Gasteiger partial charge in [0.15, 0.2) is 7.59 Å². The molecule has 0 radical (unpaired) electrons. The highest BCUT2D eigenvalue weighted by atomic mass is 35.6. The number of thiazole rings is 1. The Balaban J connectivity index is 3.12. The van der Waals surface area contributed by atoms with Gasteiger partial charge in [-0.25, -0.2) is 4.98 Å². The molecule has 1 rings (SSSR count). The number of hydrogen-bond donors (Lipinski definition) is 1. The van der Waals surface area contributed by atoms with Crippen LogP contribution in [0.2, 0.25) is 0 Å². The van der Waals surface area contributed by atoms with E-state index in [2.05, 4.69) is 10.3 Å². The lowest BCUT2D eigenvalue weighted by molar-refractivity contribution is -0.140. The summed E-state index contributed by atoms with van der Waals surface area (Å²) in [5.74, 6) is -1.71. The van der Waals surface area contributed by atoms with Crippen molar-refractivity contribution in [2.24, 2.45) is 17.8 Å². The summed E-state index contributed by atoms with van der Waals surface area (Å²) in [7, 11) is 1.52. The Morgan fingerprint density at radius 1 is 1.06 bits per heavy atom. The largest absolute Gasteiger partial charge is 0.345 e. The Morgan fingerprint density at radius 2 is 1.61 bits per heavy atom. The van der Waals surface area contributed by atoms with Gasteiger partial charge in [-0.1, -0.05) is 97.3 Å². The Morgan fingerprint density at radius 3 is 2.03 bits per heavy atom. The fourth-order valence-electron chi connectivity index (χ4n) is 2.76. The van der Waals surface area contributed by atoms with Gasteiger partial charge in [-0.05, 0) is 12.3 Å². The lowest BCUT2D eigenvalue weighted by atomic mass is 9.98. The average molecular weight is 574 g/mol. The first-order valence-electron chi connectivity index (χ1n) is 9.64. The fraction of sp³-hybridized carbons (Fsp3) is 0.737. The molecule has 0 saturated carbocycles. The van der Waals surface area contributed by atoms with E-state index < -0.39 is 25.5 Å². The van der Waals surface area contributed by atoms with Crippen LogP contribution < -0.4 is 5.32 Å². The number of halogens is 6. The number of hydrogen-bond acceptors (Lipinski definition) is 4. The first kappa shape index (κ1) is 29.3. The summed E-state index contributed by atoms with van der Waals surface area (Å²) < 4.78 is -3.20. The van der Waals surface area contributed by atoms with E-state index in [-0.39, 0.29) is 36.6 Å². The van der Waals surface area contributed by atoms with Crippen molar-refractivity contribution >= 4 is 92.8 Å². The number of alkyl halides is 6. The molecular weight excluding hydrogens is 547 g/mol. The maximum atomic E-state index is 13.3. The predicted molar refractivity (Wildman–Crippen MR) is 133 cm³/mol. The monoisotopic (exact) mass is 571 g/mol. The number of nitrogens with zero attached hydrogens (tertiary/aromatic N) is 2. The lowest BCUT2D eigenvalue weighted by Crippen LogP contribution is -2.51. The zero-order valence-electron chi connectivity index (χ0n) is 17.8. The second kappa shape index (κ2) is 12.1. The van der Waals surface area contributed by atoms with Gasteiger partial charge in [-0.15, -0.1) is 11.3 Å². The van der Waals surface area contributed by atoms with Crippen molar-refractivity contribution in [2.45, 2.75) is 60.2 Å². The molecule has 0 bridgehead atoms. The number of rotatable bonds is 9. The van der Waals surface area contributed by atoms with Gasteiger partial charge in [-0.3, -0.25) is 9.59 Å². The van der Waals surface area contributed by atoms with Crippen LogP contribution in [0.25, 0.3) is 0 Å². The van der Waals surface area contributed by atoms with Gasteiger partial charge in [0.1, 0.15) is 11.0 Å². The second-order valence-electron chi connectivity index (χ2n) is 7.95. The molecule has 31 heavy (non-hydrogen) atoms. The van der Waals surface area contributed by atoms with Gasteiger partial charge in [-0.2, -0.15) is 0 Å². The molecule has 2 amide bonds. The Kier molecular flexibility index (Phi) is 11.5. The highest BCUT2D eigenvalue weighted by molar-refractivity contribution is 7.09. The van der Waals surface area contributed by atoms with Crippen molar-refractivity contribution in [1.29, 1.82) is 0 Å². The summed E-state index contributed by atoms with van der Waals surface area (Å²) >= 11 is 37.2. The number of likely N-dealkylation sites (N-methyl/N-ethyl adjacent to an activating group) is 1. The minimum Gasteiger partial charge on any atom is -0.345 e. The van der Waals surface area contributed by atoms with Crippen LogP contribution in [-0.4, -0.2) is 42.4 Å². The van der Waals surface area contributed by atoms with E-state index in [4.69, 9.17) is 69.6 Å². The predicted octanol–water partition coefficient (Wildman–Crippen LogP) is 6.58. The fourth-order valence-corrected chi connectivity index (χ4v) is 4.12. The highest BCUT2D eigenvalue weighted by Gasteiger charge is 2.38. The zero-order chi connectivity index (χ0) is 24.1. The molecule has 3 unspecified atom stereocenters. The van der Waals surface area contributed by atoms with Gasteiger partial charge < -0.3 is 10.2 Å². The molecule has 1 heterocycles. The number of nitrogens with one attached hydrogen (secondary N) is 1. The van der Waals surface area contributed by atoms with Gasteiger partial charge in [0, 0.05) is 36.9 Å². The van der Waals surface area contributed by atoms with Crippen molar-refractivity contribution in [2.75, 3.05) is 7.05 Å². The van der Waals surface area contributed by atoms with E-state index in [1.165, 1.54) is 23.3 Å². The summed E-state index contributed by atoms with van der Waals surface area (Å²) in [5.41, 5.74) is 0. The topological polar surface area (TPSA) is 62.3 Å². The van der Waals surface area contributed by atoms with Crippen LogP contribution in [0.5, 0.6) is 0 Å². The minimum atomic E-state index is -1.60. The molecule has 0 fully saturated rings. The van der Waals surface area contributed by atoms with E-state index in [0.29, 0.717) is 0 Å². The molecule has 1 aromatic rings. The molecule has 0 aromatic carbocycles. The summed E-state index contributed by atoms with van der Waals surface area (Å²) in [6, 6.07) is -1.21. The standard InChI is InChI=1S/C19H27Cl6N3O2S/c1-10(2)15(17-26-6-7-31-17)27-16(30)13(8-11(3)18(20,21)22)28(5)14(29)9-12(4)19(23,24)25/h6-7,10-13,15H,8-9H2,1-5H3,(H,27,30)/t11?,12-,13?,15?/m0/s1. The Hall–Kier alpha value is 0.310. The molecule has 0 aliphatic heterocycles. The molecule has 12 heteroatoms. The number of carbonyl (C=O) groups is 2. The minimum absolute atomic E-state index is 0.0565. The van der Waals surface area contributed by atoms with Gasteiger partial charge in [0.25, 0.3) is 0 Å². The van der Waals surface area contributed by atoms with Crippen LogP contribution in [0.1, 0.15) is 51.6 Å². The summed E-state index contributed by atoms with van der Waals surface area (Å²) in [4.78, 5) is 31.8. The summed E-state index contributed by atoms with van der Waals surface area (Å²) in [6.45, 7) is 7.30. The van der Waals surface area contributed by atoms with Crippen LogP contribution in [0.4, 0.5) is 0 Å². The molecular formula is C19H27Cl6N3O2S. The van der Waals surface area contributed by atoms with Gasteiger partial charge >= 0.3 is 0 Å². The molecule has 178 valence electrons. The normalized spacial score (nSPS) is 16.5. The first-order valence-corrected chi connectivity index (χ1v) is 12.8. The molecule has 1 aromatic heterocycles. The molecule has 0 aliphatic rings. The molecule has 0 spiro atoms. The quantitative estimate of drug-likeness (QED) is 0.340. The Labute approximate surface area is 218 Å². The molecule has 0 aliphatic carbocycles. The van der Waals surface area contributed by atoms with Crippen molar-refractivity contribution in [3.63, 3.8) is 0 Å². The smallest absolute Gasteiger partial charge is 0.243 e. The van der Waals surface area contributed by atoms with E-state index >= 15 is 0 Å². The maximum Gasteiger partial charge on any atom is 0.243 e. The van der Waals surface area contributed by atoms with Crippen LogP contribution in [0.15, 0.2) is 11.6 Å². The average Bonchev–Trinajstić information content (AvgIpc) is 3.15. The lowest BCUT2D eigenvalue weighted by Gasteiger charge is -2.34. The molecule has 5 nitrogen and oxygen atoms in total. The molecule has 4 atom stereocenters. The Bertz CT molecular complexity index is 721. The van der Waals surface area contributed by atoms with Crippen LogP contribution in [0, 0.1) is 17.8 Å². The summed E-state index contributed by atoms with van der Waals surface area (Å²) in [6.07, 6.45) is 1.76. The van der Waals surface area contributed by atoms with E-state index in [1.54, 1.807) is 20.0 Å². The number of aromatic nitrogens is 1. The van der Waals surface area contributed by atoms with E-state index in [9.17, 15) is 9.59 Å². The zero-order valence-corrected chi connectivity index (χ0v) is 23.2. The van der Waals surface area contributed by atoms with Gasteiger partial charge in [0.05, 0.1) is 6.04 Å². The third-order valence-electron chi connectivity index (χ3n) is 5.02. The van der Waals surface area contributed by atoms with Crippen molar-refractivity contribution in [3.8, 4) is 0 Å². The third kappa shape index (κ3) is 9.23.